The van der Waals surface area contributed by atoms with E-state index in [9.17, 15) is 9.90 Å². The Bertz CT molecular complexity index is 568. The first-order valence-electron chi connectivity index (χ1n) is 6.13. The number of pyridine rings is 1. The van der Waals surface area contributed by atoms with Crippen molar-refractivity contribution in [2.24, 2.45) is 0 Å². The van der Waals surface area contributed by atoms with Crippen molar-refractivity contribution in [1.29, 1.82) is 0 Å². The molecule has 1 amide bonds. The Morgan fingerprint density at radius 1 is 1.37 bits per heavy atom. The quantitative estimate of drug-likeness (QED) is 0.880. The van der Waals surface area contributed by atoms with Crippen LogP contribution in [-0.2, 0) is 6.42 Å². The van der Waals surface area contributed by atoms with Crippen LogP contribution in [0.25, 0.3) is 0 Å². The van der Waals surface area contributed by atoms with Crippen LogP contribution in [0.15, 0.2) is 42.7 Å². The Hall–Kier alpha value is -2.36. The number of carbonyl (C=O) groups excluding carboxylic acids is 1. The number of rotatable bonds is 4. The van der Waals surface area contributed by atoms with E-state index < -0.39 is 0 Å². The molecule has 0 aliphatic carbocycles. The molecule has 0 radical (unpaired) electrons. The van der Waals surface area contributed by atoms with Crippen LogP contribution >= 0.6 is 0 Å². The van der Waals surface area contributed by atoms with E-state index in [1.807, 2.05) is 19.1 Å². The lowest BCUT2D eigenvalue weighted by molar-refractivity contribution is 0.0951. The molecule has 0 fully saturated rings. The molecule has 2 rings (SSSR count). The first-order chi connectivity index (χ1) is 9.16. The predicted molar refractivity (Wildman–Crippen MR) is 73.1 cm³/mol. The van der Waals surface area contributed by atoms with E-state index in [1.54, 1.807) is 30.6 Å². The predicted octanol–water partition coefficient (Wildman–Crippen LogP) is 2.07. The third-order valence-electron chi connectivity index (χ3n) is 2.82. The number of phenolic OH excluding ortho intramolecular Hbond substituents is 1. The number of hydrogen-bond donors (Lipinski definition) is 2. The summed E-state index contributed by atoms with van der Waals surface area (Å²) in [6.45, 7) is 2.38. The second kappa shape index (κ2) is 6.00. The minimum absolute atomic E-state index is 0.0128. The van der Waals surface area contributed by atoms with Crippen molar-refractivity contribution in [2.75, 3.05) is 6.54 Å². The summed E-state index contributed by atoms with van der Waals surface area (Å²) in [5, 5.41) is 12.5. The zero-order chi connectivity index (χ0) is 13.7. The van der Waals surface area contributed by atoms with E-state index >= 15 is 0 Å². The highest BCUT2D eigenvalue weighted by molar-refractivity contribution is 5.96. The molecule has 0 unspecified atom stereocenters. The van der Waals surface area contributed by atoms with E-state index in [1.165, 1.54) is 0 Å². The third-order valence-corrected chi connectivity index (χ3v) is 2.82. The van der Waals surface area contributed by atoms with E-state index in [-0.39, 0.29) is 11.7 Å². The summed E-state index contributed by atoms with van der Waals surface area (Å²) in [4.78, 5) is 15.9. The average molecular weight is 256 g/mol. The average Bonchev–Trinajstić information content (AvgIpc) is 2.39. The topological polar surface area (TPSA) is 62.2 Å². The summed E-state index contributed by atoms with van der Waals surface area (Å²) in [5.74, 6) is -0.250. The van der Waals surface area contributed by atoms with E-state index in [4.69, 9.17) is 0 Å². The van der Waals surface area contributed by atoms with Crippen molar-refractivity contribution in [1.82, 2.24) is 10.3 Å². The fourth-order valence-corrected chi connectivity index (χ4v) is 1.80. The van der Waals surface area contributed by atoms with Gasteiger partial charge >= 0.3 is 0 Å². The van der Waals surface area contributed by atoms with Gasteiger partial charge in [0.25, 0.3) is 5.91 Å². The summed E-state index contributed by atoms with van der Waals surface area (Å²) < 4.78 is 0. The maximum Gasteiger partial charge on any atom is 0.255 e. The molecule has 19 heavy (non-hydrogen) atoms. The lowest BCUT2D eigenvalue weighted by atomic mass is 10.1. The van der Waals surface area contributed by atoms with E-state index in [0.717, 1.165) is 11.1 Å². The molecule has 1 aromatic heterocycles. The first-order valence-corrected chi connectivity index (χ1v) is 6.13. The summed E-state index contributed by atoms with van der Waals surface area (Å²) in [5.41, 5.74) is 2.29. The van der Waals surface area contributed by atoms with Gasteiger partial charge in [0.15, 0.2) is 0 Å². The van der Waals surface area contributed by atoms with Gasteiger partial charge in [-0.3, -0.25) is 9.78 Å². The molecule has 1 heterocycles. The Morgan fingerprint density at radius 2 is 2.21 bits per heavy atom. The molecule has 4 nitrogen and oxygen atoms in total. The number of hydrogen-bond acceptors (Lipinski definition) is 3. The number of aromatic nitrogens is 1. The van der Waals surface area contributed by atoms with Gasteiger partial charge in [0.05, 0.1) is 5.56 Å². The molecule has 2 aromatic rings. The zero-order valence-corrected chi connectivity index (χ0v) is 10.8. The van der Waals surface area contributed by atoms with Crippen LogP contribution in [0.4, 0.5) is 0 Å². The van der Waals surface area contributed by atoms with Gasteiger partial charge in [0.1, 0.15) is 5.75 Å². The maximum atomic E-state index is 11.9. The van der Waals surface area contributed by atoms with Gasteiger partial charge in [-0.15, -0.1) is 0 Å². The minimum Gasteiger partial charge on any atom is -0.507 e. The summed E-state index contributed by atoms with van der Waals surface area (Å²) in [6, 6.07) is 8.83. The van der Waals surface area contributed by atoms with Gasteiger partial charge < -0.3 is 10.4 Å². The fourth-order valence-electron chi connectivity index (χ4n) is 1.80. The minimum atomic E-state index is -0.263. The van der Waals surface area contributed by atoms with Crippen LogP contribution in [0, 0.1) is 6.92 Å². The highest BCUT2D eigenvalue weighted by Gasteiger charge is 2.10. The monoisotopic (exact) mass is 256 g/mol. The summed E-state index contributed by atoms with van der Waals surface area (Å²) in [7, 11) is 0. The van der Waals surface area contributed by atoms with Crippen LogP contribution in [0.1, 0.15) is 21.5 Å². The van der Waals surface area contributed by atoms with Crippen LogP contribution in [0.3, 0.4) is 0 Å². The molecule has 0 aliphatic heterocycles. The van der Waals surface area contributed by atoms with Gasteiger partial charge in [-0.05, 0) is 42.7 Å². The number of phenols is 1. The van der Waals surface area contributed by atoms with Crippen molar-refractivity contribution in [2.45, 2.75) is 13.3 Å². The van der Waals surface area contributed by atoms with Crippen molar-refractivity contribution in [3.05, 3.63) is 59.4 Å². The van der Waals surface area contributed by atoms with Crippen LogP contribution in [0.5, 0.6) is 5.75 Å². The molecular formula is C15H16N2O2. The van der Waals surface area contributed by atoms with Gasteiger partial charge in [0.2, 0.25) is 0 Å². The van der Waals surface area contributed by atoms with Gasteiger partial charge in [0, 0.05) is 18.9 Å². The first kappa shape index (κ1) is 13.1. The Morgan fingerprint density at radius 3 is 2.89 bits per heavy atom. The molecule has 0 saturated carbocycles. The van der Waals surface area contributed by atoms with Crippen molar-refractivity contribution in [3.63, 3.8) is 0 Å². The molecule has 0 aliphatic rings. The van der Waals surface area contributed by atoms with E-state index in [0.29, 0.717) is 18.5 Å². The SMILES string of the molecule is Cc1ccc(C(=O)NCCc2cccnc2)c(O)c1. The maximum absolute atomic E-state index is 11.9. The fraction of sp³-hybridized carbons (Fsp3) is 0.200. The third kappa shape index (κ3) is 3.55. The standard InChI is InChI=1S/C15H16N2O2/c1-11-4-5-13(14(18)9-11)15(19)17-8-6-12-3-2-7-16-10-12/h2-5,7,9-10,18H,6,8H2,1H3,(H,17,19). The van der Waals surface area contributed by atoms with Crippen LogP contribution in [-0.4, -0.2) is 22.5 Å². The molecule has 0 saturated heterocycles. The molecule has 98 valence electrons. The highest BCUT2D eigenvalue weighted by atomic mass is 16.3. The molecule has 0 spiro atoms. The zero-order valence-electron chi connectivity index (χ0n) is 10.8. The Balaban J connectivity index is 1.91. The largest absolute Gasteiger partial charge is 0.507 e. The Kier molecular flexibility index (Phi) is 4.13. The summed E-state index contributed by atoms with van der Waals surface area (Å²) in [6.07, 6.45) is 4.20. The van der Waals surface area contributed by atoms with Crippen LogP contribution < -0.4 is 5.32 Å². The number of benzene rings is 1. The molecular weight excluding hydrogens is 240 g/mol. The van der Waals surface area contributed by atoms with Crippen molar-refractivity contribution in [3.8, 4) is 5.75 Å². The molecule has 0 atom stereocenters. The highest BCUT2D eigenvalue weighted by Crippen LogP contribution is 2.17. The lowest BCUT2D eigenvalue weighted by Gasteiger charge is -2.07. The summed E-state index contributed by atoms with van der Waals surface area (Å²) >= 11 is 0. The molecule has 4 heteroatoms. The smallest absolute Gasteiger partial charge is 0.255 e. The van der Waals surface area contributed by atoms with Gasteiger partial charge in [-0.25, -0.2) is 0 Å². The number of nitrogens with zero attached hydrogens (tertiary/aromatic N) is 1. The number of aryl methyl sites for hydroxylation is 1. The second-order valence-electron chi connectivity index (χ2n) is 4.39. The van der Waals surface area contributed by atoms with Crippen molar-refractivity contribution >= 4 is 5.91 Å². The second-order valence-corrected chi connectivity index (χ2v) is 4.39. The number of amides is 1. The molecule has 0 bridgehead atoms. The number of aromatic hydroxyl groups is 1. The van der Waals surface area contributed by atoms with Crippen LogP contribution in [0.2, 0.25) is 0 Å². The molecule has 2 N–H and O–H groups in total. The van der Waals surface area contributed by atoms with E-state index in [2.05, 4.69) is 10.3 Å². The molecule has 1 aromatic carbocycles. The van der Waals surface area contributed by atoms with Gasteiger partial charge in [-0.2, -0.15) is 0 Å². The Labute approximate surface area is 112 Å². The lowest BCUT2D eigenvalue weighted by Crippen LogP contribution is -2.25. The number of nitrogens with one attached hydrogen (secondary N) is 1. The van der Waals surface area contributed by atoms with Gasteiger partial charge in [-0.1, -0.05) is 12.1 Å². The van der Waals surface area contributed by atoms with Crippen molar-refractivity contribution < 1.29 is 9.90 Å². The normalized spacial score (nSPS) is 10.2. The number of carbonyl (C=O) groups is 1.